The third kappa shape index (κ3) is 5.26. The Hall–Kier alpha value is -1.76. The Bertz CT molecular complexity index is 548. The summed E-state index contributed by atoms with van der Waals surface area (Å²) in [6, 6.07) is 4.77. The van der Waals surface area contributed by atoms with Crippen LogP contribution < -0.4 is 0 Å². The predicted molar refractivity (Wildman–Crippen MR) is 71.9 cm³/mol. The topological polar surface area (TPSA) is 134 Å². The second kappa shape index (κ2) is 7.31. The highest BCUT2D eigenvalue weighted by Crippen LogP contribution is 2.56. The molecule has 0 spiro atoms. The molecule has 1 aromatic heterocycles. The first-order valence-electron chi connectivity index (χ1n) is 6.10. The van der Waals surface area contributed by atoms with Crippen LogP contribution in [0.25, 0.3) is 0 Å². The van der Waals surface area contributed by atoms with Gasteiger partial charge in [-0.15, -0.1) is 0 Å². The zero-order valence-corrected chi connectivity index (χ0v) is 12.1. The lowest BCUT2D eigenvalue weighted by Crippen LogP contribution is -2.24. The maximum Gasteiger partial charge on any atom is 0.337 e. The molecule has 1 heterocycles. The Morgan fingerprint density at radius 2 is 2.05 bits per heavy atom. The molecule has 0 aliphatic carbocycles. The normalized spacial score (nSPS) is 16.7. The van der Waals surface area contributed by atoms with Gasteiger partial charge in [0.1, 0.15) is 5.66 Å². The van der Waals surface area contributed by atoms with Gasteiger partial charge < -0.3 is 15.1 Å². The number of hydrogen-bond donors (Lipinski definition) is 3. The van der Waals surface area contributed by atoms with Crippen molar-refractivity contribution in [3.05, 3.63) is 30.1 Å². The molecule has 1 rings (SSSR count). The molecule has 0 amide bonds. The zero-order chi connectivity index (χ0) is 16.0. The number of rotatable bonds is 8. The lowest BCUT2D eigenvalue weighted by atomic mass is 10.2. The number of pyridine rings is 1. The first-order chi connectivity index (χ1) is 9.74. The van der Waals surface area contributed by atoms with Crippen LogP contribution in [0.15, 0.2) is 24.4 Å². The molecule has 0 aliphatic rings. The smallest absolute Gasteiger partial charge is 0.337 e. The summed E-state index contributed by atoms with van der Waals surface area (Å²) in [7, 11) is -4.31. The lowest BCUT2D eigenvalue weighted by molar-refractivity contribution is -0.146. The molecule has 1 aromatic rings. The number of carbonyl (C=O) groups is 2. The molecular weight excluding hydrogens is 301 g/mol. The summed E-state index contributed by atoms with van der Waals surface area (Å²) < 4.78 is 16.9. The Morgan fingerprint density at radius 3 is 2.52 bits per heavy atom. The molecule has 116 valence electrons. The zero-order valence-electron chi connectivity index (χ0n) is 11.2. The number of aromatic nitrogens is 1. The fourth-order valence-corrected chi connectivity index (χ4v) is 2.77. The second-order valence-electron chi connectivity index (χ2n) is 4.36. The SMILES string of the molecule is CC(c1ccccn1)P(=O)(O)OC(CCC(=O)O)C(=O)O. The van der Waals surface area contributed by atoms with Gasteiger partial charge in [-0.25, -0.2) is 4.79 Å². The standard InChI is InChI=1S/C12H16NO7P/c1-8(9-4-2-3-7-13-9)21(18,19)20-10(12(16)17)5-6-11(14)15/h2-4,7-8,10H,5-6H2,1H3,(H,14,15)(H,16,17)(H,18,19). The van der Waals surface area contributed by atoms with Crippen LogP contribution in [-0.4, -0.2) is 38.1 Å². The van der Waals surface area contributed by atoms with Gasteiger partial charge in [0.15, 0.2) is 6.10 Å². The van der Waals surface area contributed by atoms with Crippen LogP contribution in [0.3, 0.4) is 0 Å². The Kier molecular flexibility index (Phi) is 6.02. The van der Waals surface area contributed by atoms with E-state index in [4.69, 9.17) is 14.7 Å². The van der Waals surface area contributed by atoms with Crippen molar-refractivity contribution in [2.75, 3.05) is 0 Å². The van der Waals surface area contributed by atoms with Crippen LogP contribution in [0.1, 0.15) is 31.1 Å². The van der Waals surface area contributed by atoms with Gasteiger partial charge in [-0.2, -0.15) is 0 Å². The van der Waals surface area contributed by atoms with Gasteiger partial charge >= 0.3 is 19.5 Å². The highest BCUT2D eigenvalue weighted by atomic mass is 31.2. The molecule has 0 saturated heterocycles. The summed E-state index contributed by atoms with van der Waals surface area (Å²) in [6.07, 6.45) is -1.10. The number of hydrogen-bond acceptors (Lipinski definition) is 5. The third-order valence-electron chi connectivity index (χ3n) is 2.78. The number of nitrogens with zero attached hydrogens (tertiary/aromatic N) is 1. The number of carboxylic acid groups (broad SMARTS) is 2. The fraction of sp³-hybridized carbons (Fsp3) is 0.417. The molecule has 21 heavy (non-hydrogen) atoms. The van der Waals surface area contributed by atoms with E-state index in [1.165, 1.54) is 19.2 Å². The summed E-state index contributed by atoms with van der Waals surface area (Å²) in [5.41, 5.74) is -0.740. The van der Waals surface area contributed by atoms with E-state index < -0.39 is 44.1 Å². The number of aliphatic carboxylic acids is 2. The molecular formula is C12H16NO7P. The van der Waals surface area contributed by atoms with Crippen LogP contribution in [0.2, 0.25) is 0 Å². The average Bonchev–Trinajstić information content (AvgIpc) is 2.43. The molecule has 3 N–H and O–H groups in total. The summed E-state index contributed by atoms with van der Waals surface area (Å²) in [5.74, 6) is -2.70. The predicted octanol–water partition coefficient (Wildman–Crippen LogP) is 1.66. The first-order valence-corrected chi connectivity index (χ1v) is 7.75. The van der Waals surface area contributed by atoms with Gasteiger partial charge in [0.05, 0.1) is 5.69 Å². The molecule has 9 heteroatoms. The molecule has 3 atom stereocenters. The largest absolute Gasteiger partial charge is 0.481 e. The molecule has 0 bridgehead atoms. The van der Waals surface area contributed by atoms with E-state index in [1.807, 2.05) is 0 Å². The minimum Gasteiger partial charge on any atom is -0.481 e. The van der Waals surface area contributed by atoms with Crippen molar-refractivity contribution in [2.24, 2.45) is 0 Å². The Labute approximate surface area is 120 Å². The van der Waals surface area contributed by atoms with Gasteiger partial charge in [0, 0.05) is 12.6 Å². The highest BCUT2D eigenvalue weighted by molar-refractivity contribution is 7.53. The van der Waals surface area contributed by atoms with Gasteiger partial charge in [0.25, 0.3) is 0 Å². The van der Waals surface area contributed by atoms with Crippen molar-refractivity contribution < 1.29 is 33.8 Å². The van der Waals surface area contributed by atoms with Crippen LogP contribution in [0.5, 0.6) is 0 Å². The monoisotopic (exact) mass is 317 g/mol. The summed E-state index contributed by atoms with van der Waals surface area (Å²) in [5, 5.41) is 17.5. The van der Waals surface area contributed by atoms with Gasteiger partial charge in [0.2, 0.25) is 0 Å². The maximum atomic E-state index is 12.2. The van der Waals surface area contributed by atoms with Crippen LogP contribution in [0.4, 0.5) is 0 Å². The Morgan fingerprint density at radius 1 is 1.38 bits per heavy atom. The lowest BCUT2D eigenvalue weighted by Gasteiger charge is -2.22. The van der Waals surface area contributed by atoms with E-state index >= 15 is 0 Å². The maximum absolute atomic E-state index is 12.2. The van der Waals surface area contributed by atoms with Crippen molar-refractivity contribution in [3.63, 3.8) is 0 Å². The van der Waals surface area contributed by atoms with Crippen LogP contribution in [-0.2, 0) is 18.7 Å². The summed E-state index contributed by atoms with van der Waals surface area (Å²) in [4.78, 5) is 35.3. The van der Waals surface area contributed by atoms with Crippen molar-refractivity contribution in [2.45, 2.75) is 31.5 Å². The molecule has 3 unspecified atom stereocenters. The molecule has 0 aliphatic heterocycles. The van der Waals surface area contributed by atoms with E-state index in [-0.39, 0.29) is 5.69 Å². The molecule has 0 aromatic carbocycles. The van der Waals surface area contributed by atoms with Gasteiger partial charge in [-0.1, -0.05) is 6.07 Å². The Balaban J connectivity index is 2.83. The average molecular weight is 317 g/mol. The van der Waals surface area contributed by atoms with E-state index in [0.29, 0.717) is 0 Å². The van der Waals surface area contributed by atoms with E-state index in [9.17, 15) is 19.0 Å². The quantitative estimate of drug-likeness (QED) is 0.616. The van der Waals surface area contributed by atoms with Crippen molar-refractivity contribution in [1.29, 1.82) is 0 Å². The molecule has 0 radical (unpaired) electrons. The minimum absolute atomic E-state index is 0.283. The van der Waals surface area contributed by atoms with Crippen molar-refractivity contribution in [1.82, 2.24) is 4.98 Å². The van der Waals surface area contributed by atoms with Crippen molar-refractivity contribution >= 4 is 19.5 Å². The number of carboxylic acids is 2. The summed E-state index contributed by atoms with van der Waals surface area (Å²) >= 11 is 0. The van der Waals surface area contributed by atoms with E-state index in [0.717, 1.165) is 0 Å². The van der Waals surface area contributed by atoms with Crippen LogP contribution in [0, 0.1) is 0 Å². The molecule has 0 saturated carbocycles. The minimum atomic E-state index is -4.31. The van der Waals surface area contributed by atoms with E-state index in [2.05, 4.69) is 4.98 Å². The van der Waals surface area contributed by atoms with Gasteiger partial charge in [-0.05, 0) is 25.5 Å². The first kappa shape index (κ1) is 17.3. The second-order valence-corrected chi connectivity index (χ2v) is 6.47. The van der Waals surface area contributed by atoms with E-state index in [1.54, 1.807) is 12.1 Å². The molecule has 0 fully saturated rings. The molecule has 8 nitrogen and oxygen atoms in total. The van der Waals surface area contributed by atoms with Crippen LogP contribution >= 0.6 is 7.60 Å². The summed E-state index contributed by atoms with van der Waals surface area (Å²) in [6.45, 7) is 1.39. The highest BCUT2D eigenvalue weighted by Gasteiger charge is 2.36. The fourth-order valence-electron chi connectivity index (χ4n) is 1.54. The van der Waals surface area contributed by atoms with Crippen molar-refractivity contribution in [3.8, 4) is 0 Å². The van der Waals surface area contributed by atoms with Gasteiger partial charge in [-0.3, -0.25) is 18.9 Å². The third-order valence-corrected chi connectivity index (χ3v) is 4.58.